The van der Waals surface area contributed by atoms with Crippen molar-refractivity contribution in [1.82, 2.24) is 5.32 Å². The highest BCUT2D eigenvalue weighted by molar-refractivity contribution is 5.98. The van der Waals surface area contributed by atoms with Crippen LogP contribution in [0.15, 0.2) is 24.3 Å². The number of amides is 4. The Bertz CT molecular complexity index is 675. The van der Waals surface area contributed by atoms with E-state index in [1.165, 1.54) is 11.8 Å². The molecule has 0 bridgehead atoms. The van der Waals surface area contributed by atoms with E-state index >= 15 is 0 Å². The molecule has 0 radical (unpaired) electrons. The van der Waals surface area contributed by atoms with Gasteiger partial charge < -0.3 is 20.1 Å². The molecule has 0 aromatic heterocycles. The van der Waals surface area contributed by atoms with Crippen LogP contribution in [0.4, 0.5) is 10.5 Å². The Hall–Kier alpha value is -3.10. The number of hydrogen-bond donors (Lipinski definition) is 2. The highest BCUT2D eigenvalue weighted by Gasteiger charge is 2.26. The van der Waals surface area contributed by atoms with Gasteiger partial charge in [-0.25, -0.2) is 4.79 Å². The van der Waals surface area contributed by atoms with Crippen LogP contribution in [0.1, 0.15) is 13.3 Å². The second kappa shape index (κ2) is 7.44. The predicted octanol–water partition coefficient (Wildman–Crippen LogP) is -0.0713. The summed E-state index contributed by atoms with van der Waals surface area (Å²) >= 11 is 0. The normalized spacial score (nSPS) is 14.2. The van der Waals surface area contributed by atoms with Crippen LogP contribution in [0.3, 0.4) is 0 Å². The fourth-order valence-electron chi connectivity index (χ4n) is 2.13. The Morgan fingerprint density at radius 3 is 2.79 bits per heavy atom. The predicted molar refractivity (Wildman–Crippen MR) is 82.2 cm³/mol. The lowest BCUT2D eigenvalue weighted by molar-refractivity contribution is -0.154. The van der Waals surface area contributed by atoms with Crippen molar-refractivity contribution in [3.8, 4) is 5.75 Å². The lowest BCUT2D eigenvalue weighted by Gasteiger charge is -2.29. The first kappa shape index (κ1) is 17.3. The summed E-state index contributed by atoms with van der Waals surface area (Å²) in [6, 6.07) is 5.94. The standard InChI is InChI=1S/C15H17N3O6/c1-9(14(21)17-15(16)22)24-13(20)6-7-18-10-4-2-3-5-11(10)23-8-12(18)19/h2-5,9H,6-8H2,1H3,(H3,16,17,21,22)/t9-/m1/s1. The quantitative estimate of drug-likeness (QED) is 0.725. The molecular weight excluding hydrogens is 318 g/mol. The molecule has 0 saturated heterocycles. The molecule has 2 rings (SSSR count). The highest BCUT2D eigenvalue weighted by atomic mass is 16.5. The molecule has 0 spiro atoms. The molecule has 3 N–H and O–H groups in total. The van der Waals surface area contributed by atoms with Gasteiger partial charge in [-0.2, -0.15) is 0 Å². The molecule has 24 heavy (non-hydrogen) atoms. The Morgan fingerprint density at radius 1 is 1.38 bits per heavy atom. The van der Waals surface area contributed by atoms with Gasteiger partial charge in [-0.1, -0.05) is 12.1 Å². The zero-order valence-corrected chi connectivity index (χ0v) is 13.0. The third-order valence-electron chi connectivity index (χ3n) is 3.27. The molecule has 9 heteroatoms. The van der Waals surface area contributed by atoms with Crippen LogP contribution in [0.5, 0.6) is 5.75 Å². The molecule has 1 aliphatic heterocycles. The first-order valence-electron chi connectivity index (χ1n) is 7.20. The van der Waals surface area contributed by atoms with Crippen molar-refractivity contribution in [3.05, 3.63) is 24.3 Å². The molecule has 0 aliphatic carbocycles. The maximum absolute atomic E-state index is 12.0. The Balaban J connectivity index is 1.91. The summed E-state index contributed by atoms with van der Waals surface area (Å²) in [7, 11) is 0. The second-order valence-electron chi connectivity index (χ2n) is 5.04. The molecule has 4 amide bonds. The van der Waals surface area contributed by atoms with Gasteiger partial charge in [0.15, 0.2) is 12.7 Å². The molecule has 0 fully saturated rings. The molecule has 1 aromatic carbocycles. The number of nitrogens with two attached hydrogens (primary N) is 1. The molecule has 1 atom stereocenters. The van der Waals surface area contributed by atoms with Gasteiger partial charge in [-0.05, 0) is 19.1 Å². The summed E-state index contributed by atoms with van der Waals surface area (Å²) in [6.07, 6.45) is -1.29. The van der Waals surface area contributed by atoms with Crippen LogP contribution in [0.25, 0.3) is 0 Å². The second-order valence-corrected chi connectivity index (χ2v) is 5.04. The Morgan fingerprint density at radius 2 is 2.08 bits per heavy atom. The Kier molecular flexibility index (Phi) is 5.35. The summed E-state index contributed by atoms with van der Waals surface area (Å²) in [5, 5.41) is 1.82. The summed E-state index contributed by atoms with van der Waals surface area (Å²) < 4.78 is 10.2. The smallest absolute Gasteiger partial charge is 0.318 e. The van der Waals surface area contributed by atoms with E-state index < -0.39 is 24.0 Å². The van der Waals surface area contributed by atoms with Crippen LogP contribution in [-0.2, 0) is 19.1 Å². The largest absolute Gasteiger partial charge is 0.482 e. The van der Waals surface area contributed by atoms with E-state index in [4.69, 9.17) is 15.2 Å². The van der Waals surface area contributed by atoms with E-state index in [0.29, 0.717) is 11.4 Å². The number of para-hydroxylation sites is 2. The van der Waals surface area contributed by atoms with Crippen LogP contribution < -0.4 is 20.7 Å². The van der Waals surface area contributed by atoms with Gasteiger partial charge in [-0.15, -0.1) is 0 Å². The minimum atomic E-state index is -1.17. The van der Waals surface area contributed by atoms with Crippen molar-refractivity contribution in [1.29, 1.82) is 0 Å². The maximum Gasteiger partial charge on any atom is 0.318 e. The van der Waals surface area contributed by atoms with E-state index in [0.717, 1.165) is 0 Å². The molecule has 1 heterocycles. The van der Waals surface area contributed by atoms with Gasteiger partial charge in [0.2, 0.25) is 0 Å². The van der Waals surface area contributed by atoms with Gasteiger partial charge >= 0.3 is 12.0 Å². The van der Waals surface area contributed by atoms with E-state index in [1.54, 1.807) is 24.3 Å². The average molecular weight is 335 g/mol. The zero-order chi connectivity index (χ0) is 17.7. The number of urea groups is 1. The number of hydrogen-bond acceptors (Lipinski definition) is 6. The number of nitrogens with one attached hydrogen (secondary N) is 1. The molecule has 128 valence electrons. The fourth-order valence-corrected chi connectivity index (χ4v) is 2.13. The van der Waals surface area contributed by atoms with E-state index in [2.05, 4.69) is 0 Å². The van der Waals surface area contributed by atoms with E-state index in [9.17, 15) is 19.2 Å². The number of benzene rings is 1. The summed E-state index contributed by atoms with van der Waals surface area (Å²) in [5.74, 6) is -1.22. The maximum atomic E-state index is 12.0. The van der Waals surface area contributed by atoms with E-state index in [1.807, 2.05) is 5.32 Å². The molecule has 9 nitrogen and oxygen atoms in total. The third kappa shape index (κ3) is 4.22. The average Bonchev–Trinajstić information content (AvgIpc) is 2.53. The number of ether oxygens (including phenoxy) is 2. The van der Waals surface area contributed by atoms with Gasteiger partial charge in [0, 0.05) is 6.54 Å². The summed E-state index contributed by atoms with van der Waals surface area (Å²) in [4.78, 5) is 47.2. The molecule has 0 unspecified atom stereocenters. The number of imide groups is 1. The molecule has 1 aliphatic rings. The first-order valence-corrected chi connectivity index (χ1v) is 7.20. The lowest BCUT2D eigenvalue weighted by Crippen LogP contribution is -2.43. The van der Waals surface area contributed by atoms with Crippen LogP contribution >= 0.6 is 0 Å². The highest BCUT2D eigenvalue weighted by Crippen LogP contribution is 2.31. The van der Waals surface area contributed by atoms with Crippen molar-refractivity contribution in [2.24, 2.45) is 5.73 Å². The number of anilines is 1. The van der Waals surface area contributed by atoms with Crippen molar-refractivity contribution in [2.45, 2.75) is 19.4 Å². The number of rotatable bonds is 5. The van der Waals surface area contributed by atoms with Gasteiger partial charge in [0.1, 0.15) is 5.75 Å². The lowest BCUT2D eigenvalue weighted by atomic mass is 10.2. The molecular formula is C15H17N3O6. The number of esters is 1. The monoisotopic (exact) mass is 335 g/mol. The van der Waals surface area contributed by atoms with Crippen LogP contribution in [0.2, 0.25) is 0 Å². The summed E-state index contributed by atoms with van der Waals surface area (Å²) in [6.45, 7) is 1.29. The van der Waals surface area contributed by atoms with Crippen molar-refractivity contribution in [3.63, 3.8) is 0 Å². The molecule has 0 saturated carbocycles. The number of nitrogens with zero attached hydrogens (tertiary/aromatic N) is 1. The number of fused-ring (bicyclic) bond motifs is 1. The van der Waals surface area contributed by atoms with Gasteiger partial charge in [-0.3, -0.25) is 19.7 Å². The Labute approximate surface area is 137 Å². The van der Waals surface area contributed by atoms with Crippen molar-refractivity contribution < 1.29 is 28.7 Å². The third-order valence-corrected chi connectivity index (χ3v) is 3.27. The van der Waals surface area contributed by atoms with Gasteiger partial charge in [0.05, 0.1) is 12.1 Å². The SMILES string of the molecule is C[C@@H](OC(=O)CCN1C(=O)COc2ccccc21)C(=O)NC(N)=O. The first-order chi connectivity index (χ1) is 11.4. The minimum Gasteiger partial charge on any atom is -0.482 e. The van der Waals surface area contributed by atoms with Gasteiger partial charge in [0.25, 0.3) is 11.8 Å². The van der Waals surface area contributed by atoms with Crippen LogP contribution in [-0.4, -0.2) is 43.1 Å². The van der Waals surface area contributed by atoms with Crippen LogP contribution in [0, 0.1) is 0 Å². The van der Waals surface area contributed by atoms with Crippen molar-refractivity contribution in [2.75, 3.05) is 18.1 Å². The van der Waals surface area contributed by atoms with Crippen molar-refractivity contribution >= 4 is 29.5 Å². The number of carbonyl (C=O) groups excluding carboxylic acids is 4. The molecule has 1 aromatic rings. The minimum absolute atomic E-state index is 0.0855. The topological polar surface area (TPSA) is 128 Å². The summed E-state index contributed by atoms with van der Waals surface area (Å²) in [5.41, 5.74) is 5.38. The fraction of sp³-hybridized carbons (Fsp3) is 0.333. The number of primary amides is 1. The van der Waals surface area contributed by atoms with E-state index in [-0.39, 0.29) is 25.5 Å². The number of carbonyl (C=O) groups is 4. The zero-order valence-electron chi connectivity index (χ0n) is 13.0.